The van der Waals surface area contributed by atoms with Gasteiger partial charge in [0.2, 0.25) is 5.91 Å². The molecule has 0 aromatic heterocycles. The third-order valence-electron chi connectivity index (χ3n) is 3.03. The van der Waals surface area contributed by atoms with Crippen LogP contribution >= 0.6 is 0 Å². The summed E-state index contributed by atoms with van der Waals surface area (Å²) in [6.45, 7) is 2.15. The molecule has 1 unspecified atom stereocenters. The van der Waals surface area contributed by atoms with E-state index in [0.29, 0.717) is 12.6 Å². The van der Waals surface area contributed by atoms with Gasteiger partial charge in [-0.05, 0) is 19.8 Å². The minimum atomic E-state index is -0.460. The number of nitrogens with zero attached hydrogens (tertiary/aromatic N) is 1. The molecule has 0 aromatic rings. The van der Waals surface area contributed by atoms with Crippen molar-refractivity contribution in [1.29, 1.82) is 0 Å². The van der Waals surface area contributed by atoms with Gasteiger partial charge in [0.1, 0.15) is 0 Å². The van der Waals surface area contributed by atoms with Crippen molar-refractivity contribution < 1.29 is 9.90 Å². The van der Waals surface area contributed by atoms with E-state index in [9.17, 15) is 4.79 Å². The highest BCUT2D eigenvalue weighted by Crippen LogP contribution is 2.22. The van der Waals surface area contributed by atoms with Crippen molar-refractivity contribution in [3.63, 3.8) is 0 Å². The molecule has 1 aliphatic rings. The Kier molecular flexibility index (Phi) is 5.05. The molecule has 1 amide bonds. The first-order valence-corrected chi connectivity index (χ1v) is 5.83. The molecule has 0 saturated heterocycles. The van der Waals surface area contributed by atoms with Crippen molar-refractivity contribution in [2.45, 2.75) is 51.1 Å². The summed E-state index contributed by atoms with van der Waals surface area (Å²) in [6, 6.07) is -0.164. The zero-order chi connectivity index (χ0) is 11.3. The van der Waals surface area contributed by atoms with Gasteiger partial charge >= 0.3 is 0 Å². The van der Waals surface area contributed by atoms with E-state index in [2.05, 4.69) is 0 Å². The average Bonchev–Trinajstić information content (AvgIpc) is 2.26. The van der Waals surface area contributed by atoms with Gasteiger partial charge in [0.05, 0.1) is 12.6 Å². The highest BCUT2D eigenvalue weighted by molar-refractivity contribution is 5.81. The fourth-order valence-electron chi connectivity index (χ4n) is 2.23. The number of aliphatic hydroxyl groups is 1. The number of carbonyl (C=O) groups is 1. The third-order valence-corrected chi connectivity index (χ3v) is 3.03. The van der Waals surface area contributed by atoms with Crippen molar-refractivity contribution in [2.24, 2.45) is 5.73 Å². The Morgan fingerprint density at radius 3 is 2.53 bits per heavy atom. The van der Waals surface area contributed by atoms with E-state index >= 15 is 0 Å². The Morgan fingerprint density at radius 1 is 1.47 bits per heavy atom. The van der Waals surface area contributed by atoms with Crippen LogP contribution < -0.4 is 5.73 Å². The smallest absolute Gasteiger partial charge is 0.239 e. The molecule has 15 heavy (non-hydrogen) atoms. The van der Waals surface area contributed by atoms with Crippen molar-refractivity contribution in [2.75, 3.05) is 13.2 Å². The summed E-state index contributed by atoms with van der Waals surface area (Å²) in [5.41, 5.74) is 5.60. The van der Waals surface area contributed by atoms with Crippen LogP contribution in [-0.4, -0.2) is 41.1 Å². The summed E-state index contributed by atoms with van der Waals surface area (Å²) >= 11 is 0. The predicted molar refractivity (Wildman–Crippen MR) is 59.3 cm³/mol. The Balaban J connectivity index is 2.58. The minimum Gasteiger partial charge on any atom is -0.395 e. The van der Waals surface area contributed by atoms with E-state index < -0.39 is 6.04 Å². The second kappa shape index (κ2) is 6.08. The van der Waals surface area contributed by atoms with E-state index in [4.69, 9.17) is 10.8 Å². The molecule has 1 aliphatic carbocycles. The van der Waals surface area contributed by atoms with Gasteiger partial charge in [0, 0.05) is 12.6 Å². The molecule has 0 radical (unpaired) electrons. The zero-order valence-corrected chi connectivity index (χ0v) is 9.48. The van der Waals surface area contributed by atoms with Crippen LogP contribution in [0, 0.1) is 0 Å². The number of carbonyl (C=O) groups excluding carboxylic acids is 1. The summed E-state index contributed by atoms with van der Waals surface area (Å²) in [5.74, 6) is -0.0315. The van der Waals surface area contributed by atoms with Crippen LogP contribution in [0.2, 0.25) is 0 Å². The summed E-state index contributed by atoms with van der Waals surface area (Å²) < 4.78 is 0. The number of nitrogens with two attached hydrogens (primary N) is 1. The minimum absolute atomic E-state index is 0.0228. The molecule has 3 N–H and O–H groups in total. The Hall–Kier alpha value is -0.610. The number of rotatable bonds is 4. The van der Waals surface area contributed by atoms with Crippen molar-refractivity contribution in [3.8, 4) is 0 Å². The maximum atomic E-state index is 11.8. The molecular weight excluding hydrogens is 192 g/mol. The van der Waals surface area contributed by atoms with Gasteiger partial charge in [-0.1, -0.05) is 19.3 Å². The lowest BCUT2D eigenvalue weighted by atomic mass is 9.94. The quantitative estimate of drug-likeness (QED) is 0.715. The van der Waals surface area contributed by atoms with Gasteiger partial charge in [-0.2, -0.15) is 0 Å². The summed E-state index contributed by atoms with van der Waals surface area (Å²) in [6.07, 6.45) is 5.73. The summed E-state index contributed by atoms with van der Waals surface area (Å²) in [5, 5.41) is 8.96. The van der Waals surface area contributed by atoms with Gasteiger partial charge in [0.25, 0.3) is 0 Å². The molecule has 1 saturated carbocycles. The summed E-state index contributed by atoms with van der Waals surface area (Å²) in [7, 11) is 0. The van der Waals surface area contributed by atoms with Crippen LogP contribution in [-0.2, 0) is 4.79 Å². The molecule has 88 valence electrons. The van der Waals surface area contributed by atoms with Crippen LogP contribution in [0.1, 0.15) is 39.0 Å². The molecule has 4 heteroatoms. The van der Waals surface area contributed by atoms with Gasteiger partial charge < -0.3 is 15.7 Å². The molecule has 0 spiro atoms. The molecule has 0 aromatic carbocycles. The van der Waals surface area contributed by atoms with Crippen LogP contribution in [0.4, 0.5) is 0 Å². The van der Waals surface area contributed by atoms with Crippen molar-refractivity contribution in [3.05, 3.63) is 0 Å². The predicted octanol–water partition coefficient (Wildman–Crippen LogP) is 0.487. The largest absolute Gasteiger partial charge is 0.395 e. The van der Waals surface area contributed by atoms with E-state index in [1.807, 2.05) is 0 Å². The Bertz CT molecular complexity index is 201. The number of hydrogen-bond donors (Lipinski definition) is 2. The molecule has 0 bridgehead atoms. The lowest BCUT2D eigenvalue weighted by molar-refractivity contribution is -0.135. The van der Waals surface area contributed by atoms with E-state index in [1.54, 1.807) is 11.8 Å². The molecule has 0 heterocycles. The monoisotopic (exact) mass is 214 g/mol. The second-order valence-electron chi connectivity index (χ2n) is 4.34. The fourth-order valence-corrected chi connectivity index (χ4v) is 2.23. The van der Waals surface area contributed by atoms with Gasteiger partial charge in [0.15, 0.2) is 0 Å². The fraction of sp³-hybridized carbons (Fsp3) is 0.909. The van der Waals surface area contributed by atoms with Crippen molar-refractivity contribution >= 4 is 5.91 Å². The molecule has 1 atom stereocenters. The van der Waals surface area contributed by atoms with Gasteiger partial charge in [-0.15, -0.1) is 0 Å². The highest BCUT2D eigenvalue weighted by atomic mass is 16.3. The topological polar surface area (TPSA) is 66.6 Å². The van der Waals surface area contributed by atoms with Crippen LogP contribution in [0.5, 0.6) is 0 Å². The molecular formula is C11H22N2O2. The Morgan fingerprint density at radius 2 is 2.07 bits per heavy atom. The average molecular weight is 214 g/mol. The maximum absolute atomic E-state index is 11.8. The first-order chi connectivity index (χ1) is 7.16. The van der Waals surface area contributed by atoms with E-state index in [1.165, 1.54) is 19.3 Å². The number of aliphatic hydroxyl groups excluding tert-OH is 1. The standard InChI is InChI=1S/C11H22N2O2/c1-9(12)11(15)13(7-8-14)10-5-3-2-4-6-10/h9-10,14H,2-8,12H2,1H3. The van der Waals surface area contributed by atoms with Crippen LogP contribution in [0.15, 0.2) is 0 Å². The summed E-state index contributed by atoms with van der Waals surface area (Å²) in [4.78, 5) is 13.6. The number of amides is 1. The lowest BCUT2D eigenvalue weighted by Crippen LogP contribution is -2.49. The lowest BCUT2D eigenvalue weighted by Gasteiger charge is -2.35. The number of hydrogen-bond acceptors (Lipinski definition) is 3. The van der Waals surface area contributed by atoms with Gasteiger partial charge in [-0.3, -0.25) is 4.79 Å². The zero-order valence-electron chi connectivity index (χ0n) is 9.48. The normalized spacial score (nSPS) is 19.9. The van der Waals surface area contributed by atoms with Gasteiger partial charge in [-0.25, -0.2) is 0 Å². The highest BCUT2D eigenvalue weighted by Gasteiger charge is 2.26. The van der Waals surface area contributed by atoms with E-state index in [0.717, 1.165) is 12.8 Å². The first kappa shape index (κ1) is 12.5. The molecule has 4 nitrogen and oxygen atoms in total. The van der Waals surface area contributed by atoms with E-state index in [-0.39, 0.29) is 12.5 Å². The van der Waals surface area contributed by atoms with Crippen LogP contribution in [0.3, 0.4) is 0 Å². The molecule has 1 fully saturated rings. The first-order valence-electron chi connectivity index (χ1n) is 5.83. The second-order valence-corrected chi connectivity index (χ2v) is 4.34. The SMILES string of the molecule is CC(N)C(=O)N(CCO)C1CCCCC1. The maximum Gasteiger partial charge on any atom is 0.239 e. The molecule has 0 aliphatic heterocycles. The molecule has 1 rings (SSSR count). The Labute approximate surface area is 91.4 Å². The van der Waals surface area contributed by atoms with Crippen LogP contribution in [0.25, 0.3) is 0 Å². The van der Waals surface area contributed by atoms with Crippen molar-refractivity contribution in [1.82, 2.24) is 4.90 Å². The third kappa shape index (κ3) is 3.47.